The van der Waals surface area contributed by atoms with Crippen molar-refractivity contribution in [2.45, 2.75) is 20.4 Å². The second-order valence-corrected chi connectivity index (χ2v) is 5.47. The number of hydrogen-bond acceptors (Lipinski definition) is 2. The summed E-state index contributed by atoms with van der Waals surface area (Å²) in [4.78, 5) is 4.35. The minimum Gasteiger partial charge on any atom is -0.383 e. The first kappa shape index (κ1) is 13.2. The van der Waals surface area contributed by atoms with Crippen LogP contribution in [0.3, 0.4) is 0 Å². The van der Waals surface area contributed by atoms with E-state index in [1.54, 1.807) is 18.5 Å². The van der Waals surface area contributed by atoms with E-state index in [-0.39, 0.29) is 0 Å². The summed E-state index contributed by atoms with van der Waals surface area (Å²) in [5, 5.41) is 1.03. The van der Waals surface area contributed by atoms with Gasteiger partial charge >= 0.3 is 0 Å². The monoisotopic (exact) mass is 283 g/mol. The molecule has 0 aliphatic rings. The van der Waals surface area contributed by atoms with E-state index in [2.05, 4.69) is 18.8 Å². The van der Waals surface area contributed by atoms with Crippen LogP contribution in [0.25, 0.3) is 11.3 Å². The van der Waals surface area contributed by atoms with Gasteiger partial charge in [0.2, 0.25) is 0 Å². The van der Waals surface area contributed by atoms with Gasteiger partial charge in [-0.15, -0.1) is 0 Å². The number of aromatic nitrogens is 2. The second kappa shape index (κ2) is 5.21. The van der Waals surface area contributed by atoms with E-state index >= 15 is 0 Å². The molecule has 5 heteroatoms. The van der Waals surface area contributed by atoms with Crippen molar-refractivity contribution in [1.82, 2.24) is 9.55 Å². The first-order chi connectivity index (χ1) is 8.49. The summed E-state index contributed by atoms with van der Waals surface area (Å²) < 4.78 is 1.95. The zero-order valence-corrected chi connectivity index (χ0v) is 11.8. The van der Waals surface area contributed by atoms with Crippen LogP contribution in [-0.4, -0.2) is 9.55 Å². The third kappa shape index (κ3) is 2.62. The van der Waals surface area contributed by atoms with Crippen molar-refractivity contribution in [3.05, 3.63) is 34.6 Å². The van der Waals surface area contributed by atoms with Crippen LogP contribution in [0.2, 0.25) is 10.0 Å². The average molecular weight is 284 g/mol. The molecule has 1 aromatic carbocycles. The van der Waals surface area contributed by atoms with Crippen molar-refractivity contribution >= 4 is 29.0 Å². The summed E-state index contributed by atoms with van der Waals surface area (Å²) in [6.07, 6.45) is 1.76. The lowest BCUT2D eigenvalue weighted by atomic mass is 10.1. The van der Waals surface area contributed by atoms with Gasteiger partial charge in [0, 0.05) is 12.1 Å². The SMILES string of the molecule is CC(C)Cn1cnc(-c2ccc(Cl)c(Cl)c2)c1N. The van der Waals surface area contributed by atoms with Gasteiger partial charge in [0.05, 0.1) is 16.4 Å². The van der Waals surface area contributed by atoms with Crippen molar-refractivity contribution in [2.75, 3.05) is 5.73 Å². The lowest BCUT2D eigenvalue weighted by Gasteiger charge is -2.08. The predicted molar refractivity (Wildman–Crippen MR) is 76.9 cm³/mol. The molecule has 0 unspecified atom stereocenters. The Hall–Kier alpha value is -1.19. The average Bonchev–Trinajstić information content (AvgIpc) is 2.64. The number of benzene rings is 1. The molecule has 0 aliphatic carbocycles. The van der Waals surface area contributed by atoms with Crippen LogP contribution in [0.5, 0.6) is 0 Å². The highest BCUT2D eigenvalue weighted by molar-refractivity contribution is 6.42. The van der Waals surface area contributed by atoms with Crippen LogP contribution >= 0.6 is 23.2 Å². The molecular weight excluding hydrogens is 269 g/mol. The highest BCUT2D eigenvalue weighted by Crippen LogP contribution is 2.30. The van der Waals surface area contributed by atoms with Gasteiger partial charge in [0.15, 0.2) is 0 Å². The van der Waals surface area contributed by atoms with Gasteiger partial charge < -0.3 is 10.3 Å². The molecule has 0 radical (unpaired) electrons. The Morgan fingerprint density at radius 3 is 2.61 bits per heavy atom. The Kier molecular flexibility index (Phi) is 3.83. The maximum atomic E-state index is 6.10. The van der Waals surface area contributed by atoms with E-state index in [9.17, 15) is 0 Å². The lowest BCUT2D eigenvalue weighted by Crippen LogP contribution is -2.06. The Balaban J connectivity index is 2.39. The number of hydrogen-bond donors (Lipinski definition) is 1. The quantitative estimate of drug-likeness (QED) is 0.922. The Morgan fingerprint density at radius 2 is 2.00 bits per heavy atom. The van der Waals surface area contributed by atoms with E-state index in [1.807, 2.05) is 10.6 Å². The Bertz CT molecular complexity index is 561. The Labute approximate surface area is 117 Å². The first-order valence-electron chi connectivity index (χ1n) is 5.75. The number of rotatable bonds is 3. The predicted octanol–water partition coefficient (Wildman–Crippen LogP) is 4.10. The van der Waals surface area contributed by atoms with Gasteiger partial charge in [-0.2, -0.15) is 0 Å². The second-order valence-electron chi connectivity index (χ2n) is 4.65. The fourth-order valence-corrected chi connectivity index (χ4v) is 2.09. The number of nitrogen functional groups attached to an aromatic ring is 1. The fraction of sp³-hybridized carbons (Fsp3) is 0.308. The summed E-state index contributed by atoms with van der Waals surface area (Å²) >= 11 is 11.9. The van der Waals surface area contributed by atoms with E-state index in [1.165, 1.54) is 0 Å². The van der Waals surface area contributed by atoms with E-state index in [4.69, 9.17) is 28.9 Å². The number of anilines is 1. The van der Waals surface area contributed by atoms with E-state index in [0.717, 1.165) is 17.8 Å². The number of nitrogens with two attached hydrogens (primary N) is 1. The smallest absolute Gasteiger partial charge is 0.131 e. The molecule has 3 nitrogen and oxygen atoms in total. The van der Waals surface area contributed by atoms with Gasteiger partial charge in [-0.3, -0.25) is 0 Å². The van der Waals surface area contributed by atoms with Gasteiger partial charge in [-0.05, 0) is 18.1 Å². The summed E-state index contributed by atoms with van der Waals surface area (Å²) in [7, 11) is 0. The summed E-state index contributed by atoms with van der Waals surface area (Å²) in [6, 6.07) is 5.40. The molecule has 1 heterocycles. The molecule has 2 N–H and O–H groups in total. The Morgan fingerprint density at radius 1 is 1.28 bits per heavy atom. The minimum atomic E-state index is 0.506. The molecule has 0 spiro atoms. The van der Waals surface area contributed by atoms with E-state index < -0.39 is 0 Å². The summed E-state index contributed by atoms with van der Waals surface area (Å²) in [5.41, 5.74) is 7.72. The number of halogens is 2. The number of imidazole rings is 1. The molecule has 96 valence electrons. The van der Waals surface area contributed by atoms with Crippen LogP contribution in [0.15, 0.2) is 24.5 Å². The van der Waals surface area contributed by atoms with Crippen molar-refractivity contribution in [1.29, 1.82) is 0 Å². The van der Waals surface area contributed by atoms with Gasteiger partial charge in [0.1, 0.15) is 11.5 Å². The molecule has 0 saturated heterocycles. The van der Waals surface area contributed by atoms with E-state index in [0.29, 0.717) is 21.8 Å². The normalized spacial score (nSPS) is 11.2. The van der Waals surface area contributed by atoms with Crippen LogP contribution < -0.4 is 5.73 Å². The van der Waals surface area contributed by atoms with Crippen molar-refractivity contribution < 1.29 is 0 Å². The molecule has 0 fully saturated rings. The molecule has 0 amide bonds. The zero-order chi connectivity index (χ0) is 13.3. The van der Waals surface area contributed by atoms with Crippen LogP contribution in [0.1, 0.15) is 13.8 Å². The standard InChI is InChI=1S/C13H15Cl2N3/c1-8(2)6-18-7-17-12(13(18)16)9-3-4-10(14)11(15)5-9/h3-5,7-8H,6,16H2,1-2H3. The lowest BCUT2D eigenvalue weighted by molar-refractivity contribution is 0.527. The highest BCUT2D eigenvalue weighted by Gasteiger charge is 2.11. The molecule has 2 rings (SSSR count). The molecule has 18 heavy (non-hydrogen) atoms. The third-order valence-corrected chi connectivity index (χ3v) is 3.37. The first-order valence-corrected chi connectivity index (χ1v) is 6.50. The van der Waals surface area contributed by atoms with Gasteiger partial charge in [-0.1, -0.05) is 43.1 Å². The molecule has 0 atom stereocenters. The molecule has 2 aromatic rings. The molecule has 0 aliphatic heterocycles. The maximum Gasteiger partial charge on any atom is 0.131 e. The van der Waals surface area contributed by atoms with Crippen LogP contribution in [-0.2, 0) is 6.54 Å². The minimum absolute atomic E-state index is 0.506. The third-order valence-electron chi connectivity index (χ3n) is 2.63. The topological polar surface area (TPSA) is 43.8 Å². The fourth-order valence-electron chi connectivity index (χ4n) is 1.80. The molecular formula is C13H15Cl2N3. The number of nitrogens with zero attached hydrogens (tertiary/aromatic N) is 2. The summed E-state index contributed by atoms with van der Waals surface area (Å²) in [5.74, 6) is 1.17. The molecule has 1 aromatic heterocycles. The largest absolute Gasteiger partial charge is 0.383 e. The highest BCUT2D eigenvalue weighted by atomic mass is 35.5. The van der Waals surface area contributed by atoms with Crippen LogP contribution in [0, 0.1) is 5.92 Å². The van der Waals surface area contributed by atoms with Crippen molar-refractivity contribution in [2.24, 2.45) is 5.92 Å². The van der Waals surface area contributed by atoms with Crippen molar-refractivity contribution in [3.8, 4) is 11.3 Å². The maximum absolute atomic E-state index is 6.10. The van der Waals surface area contributed by atoms with Gasteiger partial charge in [-0.25, -0.2) is 4.98 Å². The van der Waals surface area contributed by atoms with Crippen molar-refractivity contribution in [3.63, 3.8) is 0 Å². The molecule has 0 saturated carbocycles. The molecule has 0 bridgehead atoms. The van der Waals surface area contributed by atoms with Crippen LogP contribution in [0.4, 0.5) is 5.82 Å². The van der Waals surface area contributed by atoms with Gasteiger partial charge in [0.25, 0.3) is 0 Å². The zero-order valence-electron chi connectivity index (χ0n) is 10.3. The summed E-state index contributed by atoms with van der Waals surface area (Å²) in [6.45, 7) is 5.12.